The van der Waals surface area contributed by atoms with Crippen molar-refractivity contribution in [3.05, 3.63) is 17.0 Å². The Kier molecular flexibility index (Phi) is 4.95. The highest BCUT2D eigenvalue weighted by Gasteiger charge is 2.38. The molecular weight excluding hydrogens is 276 g/mol. The molecule has 1 aromatic heterocycles. The summed E-state index contributed by atoms with van der Waals surface area (Å²) in [6, 6.07) is 0.0897. The molecule has 0 spiro atoms. The number of aryl methyl sites for hydroxylation is 2. The van der Waals surface area contributed by atoms with Gasteiger partial charge >= 0.3 is 0 Å². The summed E-state index contributed by atoms with van der Waals surface area (Å²) in [7, 11) is 1.96. The average Bonchev–Trinajstić information content (AvgIpc) is 2.64. The molecule has 1 aliphatic rings. The van der Waals surface area contributed by atoms with Gasteiger partial charge in [-0.05, 0) is 52.5 Å². The molecule has 0 aromatic carbocycles. The van der Waals surface area contributed by atoms with Gasteiger partial charge < -0.3 is 11.1 Å². The van der Waals surface area contributed by atoms with E-state index in [1.54, 1.807) is 0 Å². The minimum atomic E-state index is -0.373. The largest absolute Gasteiger partial charge is 0.353 e. The lowest BCUT2D eigenvalue weighted by atomic mass is 9.74. The minimum absolute atomic E-state index is 0.0696. The molecule has 0 saturated heterocycles. The van der Waals surface area contributed by atoms with E-state index in [1.807, 2.05) is 25.6 Å². The third-order valence-corrected chi connectivity index (χ3v) is 5.13. The molecule has 1 aliphatic carbocycles. The van der Waals surface area contributed by atoms with E-state index in [9.17, 15) is 4.79 Å². The highest BCUT2D eigenvalue weighted by atomic mass is 16.2. The van der Waals surface area contributed by atoms with Gasteiger partial charge in [-0.2, -0.15) is 5.10 Å². The first-order valence-electron chi connectivity index (χ1n) is 8.30. The molecule has 1 saturated carbocycles. The van der Waals surface area contributed by atoms with Crippen LogP contribution in [0.1, 0.15) is 56.5 Å². The molecule has 3 unspecified atom stereocenters. The summed E-state index contributed by atoms with van der Waals surface area (Å²) in [6.07, 6.45) is 4.86. The maximum absolute atomic E-state index is 12.6. The van der Waals surface area contributed by atoms with Crippen molar-refractivity contribution in [1.82, 2.24) is 15.1 Å². The molecule has 0 radical (unpaired) electrons. The van der Waals surface area contributed by atoms with E-state index in [4.69, 9.17) is 5.73 Å². The van der Waals surface area contributed by atoms with E-state index in [1.165, 1.54) is 11.3 Å². The van der Waals surface area contributed by atoms with Crippen LogP contribution in [0, 0.1) is 19.8 Å². The molecule has 5 nitrogen and oxygen atoms in total. The van der Waals surface area contributed by atoms with Gasteiger partial charge in [-0.25, -0.2) is 0 Å². The van der Waals surface area contributed by atoms with Crippen LogP contribution >= 0.6 is 0 Å². The SMILES string of the molecule is Cc1nn(C)c(C)c1CC(C)NC(=O)C1CCCCC1(C)N. The fraction of sp³-hybridized carbons (Fsp3) is 0.765. The number of nitrogens with zero attached hydrogens (tertiary/aromatic N) is 2. The van der Waals surface area contributed by atoms with E-state index < -0.39 is 0 Å². The number of amides is 1. The van der Waals surface area contributed by atoms with Gasteiger partial charge in [-0.15, -0.1) is 0 Å². The van der Waals surface area contributed by atoms with Crippen LogP contribution in [0.5, 0.6) is 0 Å². The molecule has 1 amide bonds. The van der Waals surface area contributed by atoms with Gasteiger partial charge in [-0.1, -0.05) is 12.8 Å². The molecular formula is C17H30N4O. The van der Waals surface area contributed by atoms with Gasteiger partial charge in [-0.3, -0.25) is 9.48 Å². The summed E-state index contributed by atoms with van der Waals surface area (Å²) in [4.78, 5) is 12.6. The first-order valence-corrected chi connectivity index (χ1v) is 8.30. The molecule has 3 atom stereocenters. The highest BCUT2D eigenvalue weighted by molar-refractivity contribution is 5.80. The summed E-state index contributed by atoms with van der Waals surface area (Å²) in [5, 5.41) is 7.60. The van der Waals surface area contributed by atoms with Crippen molar-refractivity contribution in [3.8, 4) is 0 Å². The van der Waals surface area contributed by atoms with Crippen LogP contribution in [0.15, 0.2) is 0 Å². The lowest BCUT2D eigenvalue weighted by molar-refractivity contribution is -0.128. The lowest BCUT2D eigenvalue weighted by Gasteiger charge is -2.37. The maximum Gasteiger partial charge on any atom is 0.225 e. The molecule has 5 heteroatoms. The predicted octanol–water partition coefficient (Wildman–Crippen LogP) is 1.99. The van der Waals surface area contributed by atoms with Crippen molar-refractivity contribution >= 4 is 5.91 Å². The molecule has 1 fully saturated rings. The normalized spacial score (nSPS) is 26.7. The first-order chi connectivity index (χ1) is 10.2. The number of nitrogens with two attached hydrogens (primary N) is 1. The third-order valence-electron chi connectivity index (χ3n) is 5.13. The zero-order chi connectivity index (χ0) is 16.5. The predicted molar refractivity (Wildman–Crippen MR) is 88.5 cm³/mol. The Morgan fingerprint density at radius 3 is 2.73 bits per heavy atom. The number of hydrogen-bond donors (Lipinski definition) is 2. The van der Waals surface area contributed by atoms with Crippen LogP contribution in [0.25, 0.3) is 0 Å². The third kappa shape index (κ3) is 3.51. The summed E-state index contributed by atoms with van der Waals surface area (Å²) in [6.45, 7) is 8.16. The zero-order valence-corrected chi connectivity index (χ0v) is 14.6. The van der Waals surface area contributed by atoms with Crippen LogP contribution in [-0.4, -0.2) is 27.3 Å². The number of carbonyl (C=O) groups is 1. The molecule has 0 aliphatic heterocycles. The number of aromatic nitrogens is 2. The molecule has 124 valence electrons. The summed E-state index contributed by atoms with van der Waals surface area (Å²) in [5.41, 5.74) is 9.40. The first kappa shape index (κ1) is 17.0. The fourth-order valence-corrected chi connectivity index (χ4v) is 3.60. The molecule has 2 rings (SSSR count). The Morgan fingerprint density at radius 2 is 2.18 bits per heavy atom. The average molecular weight is 306 g/mol. The van der Waals surface area contributed by atoms with Crippen molar-refractivity contribution in [1.29, 1.82) is 0 Å². The lowest BCUT2D eigenvalue weighted by Crippen LogP contribution is -2.54. The van der Waals surface area contributed by atoms with Crippen LogP contribution in [-0.2, 0) is 18.3 Å². The van der Waals surface area contributed by atoms with Gasteiger partial charge in [0.15, 0.2) is 0 Å². The summed E-state index contributed by atoms with van der Waals surface area (Å²) >= 11 is 0. The second-order valence-corrected chi connectivity index (χ2v) is 7.19. The van der Waals surface area contributed by atoms with Crippen molar-refractivity contribution in [2.24, 2.45) is 18.7 Å². The Labute approximate surface area is 133 Å². The Bertz CT molecular complexity index is 547. The summed E-state index contributed by atoms with van der Waals surface area (Å²) < 4.78 is 1.90. The standard InChI is InChI=1S/C17H30N4O/c1-11(10-14-12(2)20-21(5)13(14)3)19-16(22)15-8-6-7-9-17(15,4)18/h11,15H,6-10,18H2,1-5H3,(H,19,22). The minimum Gasteiger partial charge on any atom is -0.353 e. The van der Waals surface area contributed by atoms with E-state index in [-0.39, 0.29) is 23.4 Å². The summed E-state index contributed by atoms with van der Waals surface area (Å²) in [5.74, 6) is 0.0381. The van der Waals surface area contributed by atoms with Crippen LogP contribution in [0.3, 0.4) is 0 Å². The van der Waals surface area contributed by atoms with Gasteiger partial charge in [0.2, 0.25) is 5.91 Å². The molecule has 1 aromatic rings. The van der Waals surface area contributed by atoms with Gasteiger partial charge in [0.1, 0.15) is 0 Å². The molecule has 3 N–H and O–H groups in total. The van der Waals surface area contributed by atoms with E-state index >= 15 is 0 Å². The monoisotopic (exact) mass is 306 g/mol. The number of hydrogen-bond acceptors (Lipinski definition) is 3. The quantitative estimate of drug-likeness (QED) is 0.893. The van der Waals surface area contributed by atoms with Crippen molar-refractivity contribution in [2.45, 2.75) is 71.4 Å². The van der Waals surface area contributed by atoms with Crippen molar-refractivity contribution in [2.75, 3.05) is 0 Å². The van der Waals surface area contributed by atoms with E-state index in [0.717, 1.165) is 37.8 Å². The van der Waals surface area contributed by atoms with Crippen LogP contribution < -0.4 is 11.1 Å². The van der Waals surface area contributed by atoms with Crippen LogP contribution in [0.4, 0.5) is 0 Å². The number of rotatable bonds is 4. The molecule has 0 bridgehead atoms. The topological polar surface area (TPSA) is 72.9 Å². The zero-order valence-electron chi connectivity index (χ0n) is 14.6. The van der Waals surface area contributed by atoms with E-state index in [2.05, 4.69) is 24.3 Å². The number of carbonyl (C=O) groups excluding carboxylic acids is 1. The van der Waals surface area contributed by atoms with Gasteiger partial charge in [0.25, 0.3) is 0 Å². The second kappa shape index (κ2) is 6.41. The van der Waals surface area contributed by atoms with Gasteiger partial charge in [0, 0.05) is 24.3 Å². The number of nitrogens with one attached hydrogen (secondary N) is 1. The van der Waals surface area contributed by atoms with Crippen LogP contribution in [0.2, 0.25) is 0 Å². The van der Waals surface area contributed by atoms with E-state index in [0.29, 0.717) is 0 Å². The second-order valence-electron chi connectivity index (χ2n) is 7.19. The molecule has 1 heterocycles. The molecule has 22 heavy (non-hydrogen) atoms. The Morgan fingerprint density at radius 1 is 1.50 bits per heavy atom. The fourth-order valence-electron chi connectivity index (χ4n) is 3.60. The maximum atomic E-state index is 12.6. The van der Waals surface area contributed by atoms with Gasteiger partial charge in [0.05, 0.1) is 11.6 Å². The van der Waals surface area contributed by atoms with Crippen molar-refractivity contribution in [3.63, 3.8) is 0 Å². The highest BCUT2D eigenvalue weighted by Crippen LogP contribution is 2.31. The smallest absolute Gasteiger partial charge is 0.225 e. The Hall–Kier alpha value is -1.36. The van der Waals surface area contributed by atoms with Crippen molar-refractivity contribution < 1.29 is 4.79 Å². The Balaban J connectivity index is 1.99.